The fourth-order valence-electron chi connectivity index (χ4n) is 4.70. The Balaban J connectivity index is 1.38. The molecule has 0 unspecified atom stereocenters. The molecule has 0 saturated carbocycles. The van der Waals surface area contributed by atoms with Crippen LogP contribution < -0.4 is 20.1 Å². The average Bonchev–Trinajstić information content (AvgIpc) is 3.46. The Hall–Kier alpha value is -2.84. The lowest BCUT2D eigenvalue weighted by Gasteiger charge is -2.34. The van der Waals surface area contributed by atoms with Crippen molar-refractivity contribution in [3.05, 3.63) is 62.2 Å². The molecule has 1 aliphatic carbocycles. The van der Waals surface area contributed by atoms with Crippen molar-refractivity contribution >= 4 is 39.6 Å². The average molecular weight is 497 g/mol. The van der Waals surface area contributed by atoms with Crippen molar-refractivity contribution in [2.24, 2.45) is 11.3 Å². The van der Waals surface area contributed by atoms with Gasteiger partial charge in [0.05, 0.1) is 12.7 Å². The summed E-state index contributed by atoms with van der Waals surface area (Å²) in [7, 11) is 1.53. The molecule has 2 aliphatic rings. The van der Waals surface area contributed by atoms with E-state index in [9.17, 15) is 9.59 Å². The first-order chi connectivity index (χ1) is 16.2. The molecule has 34 heavy (non-hydrogen) atoms. The Labute approximate surface area is 207 Å². The molecule has 1 amide bonds. The SMILES string of the molecule is COc1cc([C@@H]2NC(=O)c3c(sc4c3CC[C@@H](C(C)(C)C)C4)N2)ccc1OC(=O)c1cccs1. The topological polar surface area (TPSA) is 76.7 Å². The van der Waals surface area contributed by atoms with Gasteiger partial charge >= 0.3 is 5.97 Å². The number of carbonyl (C=O) groups excluding carboxylic acids is 2. The normalized spacial score (nSPS) is 19.5. The molecule has 6 nitrogen and oxygen atoms in total. The molecular weight excluding hydrogens is 468 g/mol. The number of methoxy groups -OCH3 is 1. The Bertz CT molecular complexity index is 1240. The molecule has 2 aromatic heterocycles. The lowest BCUT2D eigenvalue weighted by atomic mass is 9.72. The number of nitrogens with one attached hydrogen (secondary N) is 2. The van der Waals surface area contributed by atoms with Crippen LogP contribution in [0.5, 0.6) is 11.5 Å². The molecule has 0 saturated heterocycles. The summed E-state index contributed by atoms with van der Waals surface area (Å²) >= 11 is 3.03. The number of benzene rings is 1. The first-order valence-corrected chi connectivity index (χ1v) is 13.1. The van der Waals surface area contributed by atoms with E-state index in [0.717, 1.165) is 35.4 Å². The molecule has 8 heteroatoms. The zero-order valence-corrected chi connectivity index (χ0v) is 21.3. The Morgan fingerprint density at radius 2 is 1.97 bits per heavy atom. The number of hydrogen-bond donors (Lipinski definition) is 2. The summed E-state index contributed by atoms with van der Waals surface area (Å²) in [5, 5.41) is 9.37. The van der Waals surface area contributed by atoms with Crippen molar-refractivity contribution in [3.63, 3.8) is 0 Å². The molecule has 3 aromatic rings. The van der Waals surface area contributed by atoms with Gasteiger partial charge < -0.3 is 20.1 Å². The van der Waals surface area contributed by atoms with Gasteiger partial charge in [-0.3, -0.25) is 4.79 Å². The molecule has 0 radical (unpaired) electrons. The van der Waals surface area contributed by atoms with Crippen LogP contribution in [0.1, 0.15) is 69.4 Å². The van der Waals surface area contributed by atoms with Gasteiger partial charge in [0.25, 0.3) is 5.91 Å². The highest BCUT2D eigenvalue weighted by molar-refractivity contribution is 7.16. The largest absolute Gasteiger partial charge is 0.493 e. The molecule has 1 aliphatic heterocycles. The molecule has 0 fully saturated rings. The van der Waals surface area contributed by atoms with Crippen LogP contribution in [0.2, 0.25) is 0 Å². The van der Waals surface area contributed by atoms with Crippen molar-refractivity contribution in [2.45, 2.75) is 46.2 Å². The van der Waals surface area contributed by atoms with E-state index in [1.165, 1.54) is 28.9 Å². The molecule has 0 spiro atoms. The molecular formula is C26H28N2O4S2. The van der Waals surface area contributed by atoms with Crippen molar-refractivity contribution < 1.29 is 19.1 Å². The second-order valence-electron chi connectivity index (χ2n) is 9.84. The number of rotatable bonds is 4. The van der Waals surface area contributed by atoms with Gasteiger partial charge in [0, 0.05) is 4.88 Å². The number of carbonyl (C=O) groups is 2. The number of fused-ring (bicyclic) bond motifs is 3. The monoisotopic (exact) mass is 496 g/mol. The number of esters is 1. The van der Waals surface area contributed by atoms with E-state index in [1.807, 2.05) is 11.4 Å². The molecule has 1 aromatic carbocycles. The Morgan fingerprint density at radius 1 is 1.15 bits per heavy atom. The third-order valence-corrected chi connectivity index (χ3v) is 8.75. The lowest BCUT2D eigenvalue weighted by Crippen LogP contribution is -2.38. The molecule has 2 N–H and O–H groups in total. The maximum Gasteiger partial charge on any atom is 0.353 e. The van der Waals surface area contributed by atoms with Gasteiger partial charge in [-0.2, -0.15) is 0 Å². The van der Waals surface area contributed by atoms with E-state index in [1.54, 1.807) is 35.6 Å². The highest BCUT2D eigenvalue weighted by Gasteiger charge is 2.36. The molecule has 3 heterocycles. The van der Waals surface area contributed by atoms with Crippen molar-refractivity contribution in [3.8, 4) is 11.5 Å². The third-order valence-electron chi connectivity index (χ3n) is 6.71. The maximum absolute atomic E-state index is 13.1. The van der Waals surface area contributed by atoms with Gasteiger partial charge in [0.15, 0.2) is 11.5 Å². The van der Waals surface area contributed by atoms with E-state index in [-0.39, 0.29) is 11.3 Å². The van der Waals surface area contributed by atoms with E-state index >= 15 is 0 Å². The summed E-state index contributed by atoms with van der Waals surface area (Å²) in [6, 6.07) is 8.86. The fourth-order valence-corrected chi connectivity index (χ4v) is 6.65. The third kappa shape index (κ3) is 4.20. The van der Waals surface area contributed by atoms with E-state index in [0.29, 0.717) is 22.3 Å². The van der Waals surface area contributed by atoms with Gasteiger partial charge in [0.1, 0.15) is 16.0 Å². The summed E-state index contributed by atoms with van der Waals surface area (Å²) in [4.78, 5) is 27.3. The zero-order valence-electron chi connectivity index (χ0n) is 19.7. The summed E-state index contributed by atoms with van der Waals surface area (Å²) in [6.07, 6.45) is 2.68. The summed E-state index contributed by atoms with van der Waals surface area (Å²) < 4.78 is 11.0. The smallest absolute Gasteiger partial charge is 0.353 e. The van der Waals surface area contributed by atoms with Gasteiger partial charge in [-0.1, -0.05) is 32.9 Å². The lowest BCUT2D eigenvalue weighted by molar-refractivity contribution is 0.0734. The number of anilines is 1. The van der Waals surface area contributed by atoms with Gasteiger partial charge in [-0.25, -0.2) is 4.79 Å². The first-order valence-electron chi connectivity index (χ1n) is 11.4. The van der Waals surface area contributed by atoms with Crippen molar-refractivity contribution in [1.29, 1.82) is 0 Å². The zero-order chi connectivity index (χ0) is 24.0. The maximum atomic E-state index is 13.1. The van der Waals surface area contributed by atoms with Crippen LogP contribution in [0.4, 0.5) is 5.00 Å². The second kappa shape index (κ2) is 8.74. The molecule has 0 bridgehead atoms. The van der Waals surface area contributed by atoms with Crippen LogP contribution in [0.15, 0.2) is 35.7 Å². The minimum absolute atomic E-state index is 0.0439. The van der Waals surface area contributed by atoms with Crippen LogP contribution in [0.3, 0.4) is 0 Å². The van der Waals surface area contributed by atoms with Crippen LogP contribution in [0.25, 0.3) is 0 Å². The van der Waals surface area contributed by atoms with Crippen LogP contribution >= 0.6 is 22.7 Å². The summed E-state index contributed by atoms with van der Waals surface area (Å²) in [6.45, 7) is 6.89. The first kappa shape index (κ1) is 22.9. The van der Waals surface area contributed by atoms with Gasteiger partial charge in [-0.15, -0.1) is 22.7 Å². The van der Waals surface area contributed by atoms with E-state index in [2.05, 4.69) is 31.4 Å². The van der Waals surface area contributed by atoms with Crippen LogP contribution in [-0.4, -0.2) is 19.0 Å². The summed E-state index contributed by atoms with van der Waals surface area (Å²) in [5.41, 5.74) is 3.09. The summed E-state index contributed by atoms with van der Waals surface area (Å²) in [5.74, 6) is 0.924. The van der Waals surface area contributed by atoms with Gasteiger partial charge in [0.2, 0.25) is 0 Å². The number of ether oxygens (including phenoxy) is 2. The predicted molar refractivity (Wildman–Crippen MR) is 135 cm³/mol. The standard InChI is InChI=1S/C26H28N2O4S2/c1-26(2,3)15-8-9-16-20(13-15)34-24-21(16)23(29)27-22(28-24)14-7-10-17(18(12-14)31-4)32-25(30)19-6-5-11-33-19/h5-7,10-12,15,22,28H,8-9,13H2,1-4H3,(H,27,29)/t15-,22-/m1/s1. The van der Waals surface area contributed by atoms with Crippen molar-refractivity contribution in [2.75, 3.05) is 12.4 Å². The van der Waals surface area contributed by atoms with E-state index in [4.69, 9.17) is 9.47 Å². The molecule has 2 atom stereocenters. The van der Waals surface area contributed by atoms with E-state index < -0.39 is 12.1 Å². The highest BCUT2D eigenvalue weighted by Crippen LogP contribution is 2.46. The van der Waals surface area contributed by atoms with Gasteiger partial charge in [-0.05, 0) is 65.3 Å². The number of amides is 1. The molecule has 5 rings (SSSR count). The van der Waals surface area contributed by atoms with Crippen LogP contribution in [-0.2, 0) is 12.8 Å². The Morgan fingerprint density at radius 3 is 2.68 bits per heavy atom. The second-order valence-corrected chi connectivity index (χ2v) is 11.9. The number of hydrogen-bond acceptors (Lipinski definition) is 7. The fraction of sp³-hybridized carbons (Fsp3) is 0.385. The minimum Gasteiger partial charge on any atom is -0.493 e. The Kier molecular flexibility index (Phi) is 5.90. The quantitative estimate of drug-likeness (QED) is 0.340. The molecule has 178 valence electrons. The van der Waals surface area contributed by atoms with Crippen molar-refractivity contribution in [1.82, 2.24) is 5.32 Å². The minimum atomic E-state index is -0.424. The predicted octanol–water partition coefficient (Wildman–Crippen LogP) is 6.04. The highest BCUT2D eigenvalue weighted by atomic mass is 32.1. The number of thiophene rings is 2. The van der Waals surface area contributed by atoms with Crippen LogP contribution in [0, 0.1) is 11.3 Å².